The van der Waals surface area contributed by atoms with Crippen molar-refractivity contribution in [2.24, 2.45) is 0 Å². The maximum Gasteiger partial charge on any atom is 0.174 e. The van der Waals surface area contributed by atoms with Gasteiger partial charge in [0.15, 0.2) is 11.6 Å². The first kappa shape index (κ1) is 13.9. The predicted molar refractivity (Wildman–Crippen MR) is 70.1 cm³/mol. The van der Waals surface area contributed by atoms with Gasteiger partial charge < -0.3 is 9.47 Å². The lowest BCUT2D eigenvalue weighted by molar-refractivity contribution is -0.0807. The topological polar surface area (TPSA) is 18.5 Å². The van der Waals surface area contributed by atoms with Crippen molar-refractivity contribution in [3.8, 4) is 5.75 Å². The second kappa shape index (κ2) is 6.09. The molecule has 1 fully saturated rings. The molecular weight excluding hydrogens is 278 g/mol. The fourth-order valence-corrected chi connectivity index (χ4v) is 2.47. The molecule has 100 valence electrons. The zero-order valence-corrected chi connectivity index (χ0v) is 11.5. The fourth-order valence-electron chi connectivity index (χ4n) is 1.85. The minimum Gasteiger partial charge on any atom is -0.483 e. The number of hydrogen-bond acceptors (Lipinski definition) is 2. The summed E-state index contributed by atoms with van der Waals surface area (Å²) in [4.78, 5) is 0. The lowest BCUT2D eigenvalue weighted by Gasteiger charge is -2.40. The molecule has 0 saturated heterocycles. The lowest BCUT2D eigenvalue weighted by Crippen LogP contribution is -2.52. The van der Waals surface area contributed by atoms with Gasteiger partial charge in [-0.05, 0) is 18.6 Å². The highest BCUT2D eigenvalue weighted by atomic mass is 35.5. The third kappa shape index (κ3) is 2.90. The van der Waals surface area contributed by atoms with E-state index in [-0.39, 0.29) is 28.4 Å². The fraction of sp³-hybridized carbons (Fsp3) is 0.538. The van der Waals surface area contributed by atoms with E-state index < -0.39 is 5.82 Å². The summed E-state index contributed by atoms with van der Waals surface area (Å²) >= 11 is 12.0. The molecule has 1 aromatic rings. The van der Waals surface area contributed by atoms with E-state index in [1.54, 1.807) is 12.1 Å². The Bertz CT molecular complexity index is 394. The smallest absolute Gasteiger partial charge is 0.174 e. The van der Waals surface area contributed by atoms with Crippen LogP contribution in [0.15, 0.2) is 18.2 Å². The van der Waals surface area contributed by atoms with Crippen LogP contribution in [0.1, 0.15) is 19.8 Å². The average Bonchev–Trinajstić information content (AvgIpc) is 2.33. The van der Waals surface area contributed by atoms with E-state index in [4.69, 9.17) is 32.7 Å². The zero-order chi connectivity index (χ0) is 13.1. The molecule has 0 bridgehead atoms. The van der Waals surface area contributed by atoms with Crippen LogP contribution in [0.2, 0.25) is 5.02 Å². The Morgan fingerprint density at radius 1 is 1.44 bits per heavy atom. The van der Waals surface area contributed by atoms with Crippen molar-refractivity contribution in [3.63, 3.8) is 0 Å². The molecule has 0 aromatic heterocycles. The Morgan fingerprint density at radius 3 is 2.83 bits per heavy atom. The third-order valence-corrected chi connectivity index (χ3v) is 3.61. The Morgan fingerprint density at radius 2 is 2.22 bits per heavy atom. The zero-order valence-electron chi connectivity index (χ0n) is 10.0. The van der Waals surface area contributed by atoms with Crippen molar-refractivity contribution in [3.05, 3.63) is 29.0 Å². The minimum absolute atomic E-state index is 0.0768. The molecular formula is C13H15Cl2FO2. The second-order valence-electron chi connectivity index (χ2n) is 4.29. The molecule has 1 aromatic carbocycles. The van der Waals surface area contributed by atoms with Gasteiger partial charge in [0, 0.05) is 13.0 Å². The molecule has 2 nitrogen and oxygen atoms in total. The number of para-hydroxylation sites is 1. The molecule has 1 saturated carbocycles. The molecule has 0 N–H and O–H groups in total. The number of ether oxygens (including phenoxy) is 2. The van der Waals surface area contributed by atoms with Gasteiger partial charge in [-0.1, -0.05) is 24.6 Å². The van der Waals surface area contributed by atoms with Crippen molar-refractivity contribution in [1.82, 2.24) is 0 Å². The molecule has 1 aliphatic carbocycles. The first-order chi connectivity index (χ1) is 8.63. The molecule has 18 heavy (non-hydrogen) atoms. The number of hydrogen-bond donors (Lipinski definition) is 0. The van der Waals surface area contributed by atoms with Crippen LogP contribution in [0, 0.1) is 5.82 Å². The molecule has 0 spiro atoms. The minimum atomic E-state index is -0.463. The highest BCUT2D eigenvalue weighted by molar-refractivity contribution is 6.32. The molecule has 0 heterocycles. The number of benzene rings is 1. The first-order valence-corrected chi connectivity index (χ1v) is 6.81. The summed E-state index contributed by atoms with van der Waals surface area (Å²) in [5.41, 5.74) is 0. The normalized spacial score (nSPS) is 26.8. The van der Waals surface area contributed by atoms with Crippen LogP contribution in [0.3, 0.4) is 0 Å². The van der Waals surface area contributed by atoms with Crippen molar-refractivity contribution >= 4 is 23.2 Å². The van der Waals surface area contributed by atoms with Gasteiger partial charge in [0.2, 0.25) is 0 Å². The van der Waals surface area contributed by atoms with Crippen LogP contribution >= 0.6 is 23.2 Å². The lowest BCUT2D eigenvalue weighted by atomic mass is 9.91. The highest BCUT2D eigenvalue weighted by Gasteiger charge is 2.43. The van der Waals surface area contributed by atoms with Gasteiger partial charge in [-0.25, -0.2) is 4.39 Å². The van der Waals surface area contributed by atoms with E-state index in [1.807, 2.05) is 6.92 Å². The standard InChI is InChI=1S/C13H15Cl2FO2/c1-2-6-17-13-9(15)7-11(13)18-12-8(14)4-3-5-10(12)16/h3-5,9,11,13H,2,6-7H2,1H3. The summed E-state index contributed by atoms with van der Waals surface area (Å²) in [6.07, 6.45) is 1.13. The summed E-state index contributed by atoms with van der Waals surface area (Å²) in [5, 5.41) is 0.189. The van der Waals surface area contributed by atoms with E-state index in [0.717, 1.165) is 6.42 Å². The van der Waals surface area contributed by atoms with Crippen molar-refractivity contribution in [2.75, 3.05) is 6.61 Å². The van der Waals surface area contributed by atoms with Crippen LogP contribution < -0.4 is 4.74 Å². The van der Waals surface area contributed by atoms with Crippen molar-refractivity contribution in [1.29, 1.82) is 0 Å². The van der Waals surface area contributed by atoms with E-state index in [2.05, 4.69) is 0 Å². The Kier molecular flexibility index (Phi) is 4.71. The van der Waals surface area contributed by atoms with E-state index in [0.29, 0.717) is 13.0 Å². The Labute approximate surface area is 116 Å². The highest BCUT2D eigenvalue weighted by Crippen LogP contribution is 2.36. The van der Waals surface area contributed by atoms with E-state index in [9.17, 15) is 4.39 Å². The molecule has 0 aliphatic heterocycles. The second-order valence-corrected chi connectivity index (χ2v) is 5.26. The molecule has 1 aliphatic rings. The van der Waals surface area contributed by atoms with Crippen LogP contribution in [0.5, 0.6) is 5.75 Å². The molecule has 2 rings (SSSR count). The van der Waals surface area contributed by atoms with Gasteiger partial charge in [-0.15, -0.1) is 11.6 Å². The van der Waals surface area contributed by atoms with Gasteiger partial charge in [-0.3, -0.25) is 0 Å². The summed E-state index contributed by atoms with van der Waals surface area (Å²) in [6.45, 7) is 2.64. The monoisotopic (exact) mass is 292 g/mol. The van der Waals surface area contributed by atoms with E-state index >= 15 is 0 Å². The summed E-state index contributed by atoms with van der Waals surface area (Å²) in [7, 11) is 0. The maximum absolute atomic E-state index is 13.6. The molecule has 5 heteroatoms. The van der Waals surface area contributed by atoms with Crippen LogP contribution in [0.25, 0.3) is 0 Å². The van der Waals surface area contributed by atoms with Gasteiger partial charge in [0.05, 0.1) is 10.4 Å². The molecule has 0 amide bonds. The SMILES string of the molecule is CCCOC1C(Cl)CC1Oc1c(F)cccc1Cl. The molecule has 0 radical (unpaired) electrons. The average molecular weight is 293 g/mol. The van der Waals surface area contributed by atoms with Gasteiger partial charge in [-0.2, -0.15) is 0 Å². The molecule has 3 atom stereocenters. The predicted octanol–water partition coefficient (Wildman–Crippen LogP) is 4.03. The van der Waals surface area contributed by atoms with Crippen LogP contribution in [0.4, 0.5) is 4.39 Å². The van der Waals surface area contributed by atoms with Crippen LogP contribution in [-0.2, 0) is 4.74 Å². The van der Waals surface area contributed by atoms with Gasteiger partial charge in [0.25, 0.3) is 0 Å². The molecule has 3 unspecified atom stereocenters. The quantitative estimate of drug-likeness (QED) is 0.763. The van der Waals surface area contributed by atoms with Crippen molar-refractivity contribution in [2.45, 2.75) is 37.4 Å². The Hall–Kier alpha value is -0.510. The summed E-state index contributed by atoms with van der Waals surface area (Å²) < 4.78 is 24.7. The maximum atomic E-state index is 13.6. The largest absolute Gasteiger partial charge is 0.483 e. The number of rotatable bonds is 5. The van der Waals surface area contributed by atoms with Crippen LogP contribution in [-0.4, -0.2) is 24.2 Å². The number of halogens is 3. The summed E-state index contributed by atoms with van der Waals surface area (Å²) in [6, 6.07) is 4.46. The Balaban J connectivity index is 2.01. The van der Waals surface area contributed by atoms with Crippen molar-refractivity contribution < 1.29 is 13.9 Å². The first-order valence-electron chi connectivity index (χ1n) is 5.99. The van der Waals surface area contributed by atoms with E-state index in [1.165, 1.54) is 6.07 Å². The number of alkyl halides is 1. The van der Waals surface area contributed by atoms with Gasteiger partial charge >= 0.3 is 0 Å². The summed E-state index contributed by atoms with van der Waals surface area (Å²) in [5.74, 6) is -0.382. The third-order valence-electron chi connectivity index (χ3n) is 2.88. The van der Waals surface area contributed by atoms with Gasteiger partial charge in [0.1, 0.15) is 12.2 Å².